The first-order valence-electron chi connectivity index (χ1n) is 6.68. The molecule has 0 saturated carbocycles. The van der Waals surface area contributed by atoms with Crippen LogP contribution in [0.15, 0.2) is 34.7 Å². The second kappa shape index (κ2) is 6.78. The number of carbonyl (C=O) groups excluding carboxylic acids is 1. The van der Waals surface area contributed by atoms with Crippen LogP contribution < -0.4 is 5.32 Å². The molecule has 0 radical (unpaired) electrons. The molecule has 0 unspecified atom stereocenters. The van der Waals surface area contributed by atoms with E-state index >= 15 is 0 Å². The Kier molecular flexibility index (Phi) is 4.81. The van der Waals surface area contributed by atoms with Crippen molar-refractivity contribution in [1.82, 2.24) is 0 Å². The van der Waals surface area contributed by atoms with Crippen molar-refractivity contribution < 1.29 is 14.3 Å². The van der Waals surface area contributed by atoms with Crippen LogP contribution in [0.3, 0.4) is 0 Å². The molecule has 4 heteroatoms. The molecule has 1 aromatic carbocycles. The zero-order valence-corrected chi connectivity index (χ0v) is 12.1. The second-order valence-corrected chi connectivity index (χ2v) is 4.69. The third-order valence-corrected chi connectivity index (χ3v) is 2.85. The number of aryl methyl sites for hydroxylation is 2. The number of anilines is 1. The van der Waals surface area contributed by atoms with Crippen LogP contribution in [0.5, 0.6) is 0 Å². The molecule has 108 valence electrons. The SMILES string of the molecule is Cc1ccc(C#CCCO)c(NC(=O)c2ccc(C)o2)c1. The molecule has 0 fully saturated rings. The lowest BCUT2D eigenvalue weighted by molar-refractivity contribution is 0.0995. The highest BCUT2D eigenvalue weighted by atomic mass is 16.3. The van der Waals surface area contributed by atoms with Crippen LogP contribution in [0.2, 0.25) is 0 Å². The summed E-state index contributed by atoms with van der Waals surface area (Å²) in [5.74, 6) is 6.45. The molecule has 4 nitrogen and oxygen atoms in total. The van der Waals surface area contributed by atoms with E-state index in [1.807, 2.05) is 25.1 Å². The molecule has 2 rings (SSSR count). The fourth-order valence-corrected chi connectivity index (χ4v) is 1.82. The first-order chi connectivity index (χ1) is 10.1. The summed E-state index contributed by atoms with van der Waals surface area (Å²) in [6.45, 7) is 3.75. The Morgan fingerprint density at radius 2 is 2.10 bits per heavy atom. The lowest BCUT2D eigenvalue weighted by Gasteiger charge is -2.07. The van der Waals surface area contributed by atoms with Gasteiger partial charge in [0.15, 0.2) is 5.76 Å². The number of aliphatic hydroxyl groups excluding tert-OH is 1. The van der Waals surface area contributed by atoms with Gasteiger partial charge in [-0.2, -0.15) is 0 Å². The molecule has 0 aliphatic heterocycles. The van der Waals surface area contributed by atoms with E-state index in [4.69, 9.17) is 9.52 Å². The Morgan fingerprint density at radius 3 is 2.76 bits per heavy atom. The second-order valence-electron chi connectivity index (χ2n) is 4.69. The van der Waals surface area contributed by atoms with Gasteiger partial charge in [-0.1, -0.05) is 17.9 Å². The maximum Gasteiger partial charge on any atom is 0.291 e. The van der Waals surface area contributed by atoms with Crippen molar-refractivity contribution >= 4 is 11.6 Å². The van der Waals surface area contributed by atoms with Gasteiger partial charge in [-0.25, -0.2) is 0 Å². The van der Waals surface area contributed by atoms with Gasteiger partial charge in [-0.15, -0.1) is 0 Å². The van der Waals surface area contributed by atoms with Gasteiger partial charge < -0.3 is 14.8 Å². The highest BCUT2D eigenvalue weighted by Crippen LogP contribution is 2.18. The summed E-state index contributed by atoms with van der Waals surface area (Å²) in [4.78, 5) is 12.1. The Hall–Kier alpha value is -2.51. The average Bonchev–Trinajstić information content (AvgIpc) is 2.88. The number of nitrogens with one attached hydrogen (secondary N) is 1. The van der Waals surface area contributed by atoms with E-state index in [1.165, 1.54) is 0 Å². The Morgan fingerprint density at radius 1 is 1.29 bits per heavy atom. The molecule has 0 saturated heterocycles. The van der Waals surface area contributed by atoms with Crippen molar-refractivity contribution in [2.45, 2.75) is 20.3 Å². The molecule has 0 atom stereocenters. The minimum absolute atomic E-state index is 0.0201. The summed E-state index contributed by atoms with van der Waals surface area (Å²) in [5, 5.41) is 11.6. The quantitative estimate of drug-likeness (QED) is 0.851. The molecule has 2 aromatic rings. The van der Waals surface area contributed by atoms with E-state index in [0.717, 1.165) is 5.56 Å². The van der Waals surface area contributed by atoms with Crippen LogP contribution in [-0.4, -0.2) is 17.6 Å². The maximum atomic E-state index is 12.1. The molecule has 0 aliphatic carbocycles. The van der Waals surface area contributed by atoms with Gasteiger partial charge in [-0.3, -0.25) is 4.79 Å². The Bertz CT molecular complexity index is 704. The van der Waals surface area contributed by atoms with Crippen molar-refractivity contribution in [3.63, 3.8) is 0 Å². The minimum Gasteiger partial charge on any atom is -0.456 e. The standard InChI is InChI=1S/C17H17NO3/c1-12-6-8-14(5-3-4-10-19)15(11-12)18-17(20)16-9-7-13(2)21-16/h6-9,11,19H,4,10H2,1-2H3,(H,18,20). The number of furan rings is 1. The van der Waals surface area contributed by atoms with E-state index in [0.29, 0.717) is 23.4 Å². The van der Waals surface area contributed by atoms with Crippen LogP contribution in [0.25, 0.3) is 0 Å². The van der Waals surface area contributed by atoms with Crippen molar-refractivity contribution in [1.29, 1.82) is 0 Å². The van der Waals surface area contributed by atoms with Crippen molar-refractivity contribution in [2.75, 3.05) is 11.9 Å². The van der Waals surface area contributed by atoms with E-state index in [9.17, 15) is 4.79 Å². The molecule has 2 N–H and O–H groups in total. The fourth-order valence-electron chi connectivity index (χ4n) is 1.82. The van der Waals surface area contributed by atoms with Gasteiger partial charge in [0.05, 0.1) is 12.3 Å². The van der Waals surface area contributed by atoms with Crippen LogP contribution >= 0.6 is 0 Å². The molecule has 21 heavy (non-hydrogen) atoms. The summed E-state index contributed by atoms with van der Waals surface area (Å²) >= 11 is 0. The third kappa shape index (κ3) is 3.98. The number of aliphatic hydroxyl groups is 1. The van der Waals surface area contributed by atoms with Gasteiger partial charge in [0.25, 0.3) is 5.91 Å². The zero-order valence-electron chi connectivity index (χ0n) is 12.1. The lowest BCUT2D eigenvalue weighted by Crippen LogP contribution is -2.12. The highest BCUT2D eigenvalue weighted by molar-refractivity contribution is 6.03. The van der Waals surface area contributed by atoms with E-state index in [2.05, 4.69) is 17.2 Å². The molecule has 1 aromatic heterocycles. The summed E-state index contributed by atoms with van der Waals surface area (Å²) in [6.07, 6.45) is 0.401. The maximum absolute atomic E-state index is 12.1. The average molecular weight is 283 g/mol. The summed E-state index contributed by atoms with van der Waals surface area (Å²) in [5.41, 5.74) is 2.37. The number of hydrogen-bond acceptors (Lipinski definition) is 3. The monoisotopic (exact) mass is 283 g/mol. The highest BCUT2D eigenvalue weighted by Gasteiger charge is 2.12. The van der Waals surface area contributed by atoms with Gasteiger partial charge in [0, 0.05) is 12.0 Å². The topological polar surface area (TPSA) is 62.5 Å². The Labute approximate surface area is 123 Å². The predicted molar refractivity (Wildman–Crippen MR) is 81.2 cm³/mol. The van der Waals surface area contributed by atoms with Crippen LogP contribution in [0.4, 0.5) is 5.69 Å². The summed E-state index contributed by atoms with van der Waals surface area (Å²) < 4.78 is 5.31. The minimum atomic E-state index is -0.307. The van der Waals surface area contributed by atoms with Crippen molar-refractivity contribution in [3.05, 3.63) is 53.0 Å². The first-order valence-corrected chi connectivity index (χ1v) is 6.68. The van der Waals surface area contributed by atoms with Crippen LogP contribution in [0.1, 0.15) is 33.9 Å². The number of amides is 1. The van der Waals surface area contributed by atoms with Gasteiger partial charge in [-0.05, 0) is 43.7 Å². The number of hydrogen-bond donors (Lipinski definition) is 2. The normalized spacial score (nSPS) is 9.86. The van der Waals surface area contributed by atoms with E-state index in [-0.39, 0.29) is 18.3 Å². The number of benzene rings is 1. The van der Waals surface area contributed by atoms with E-state index in [1.54, 1.807) is 19.1 Å². The predicted octanol–water partition coefficient (Wildman–Crippen LogP) is 2.88. The lowest BCUT2D eigenvalue weighted by atomic mass is 10.1. The number of rotatable bonds is 3. The number of carbonyl (C=O) groups is 1. The molecular formula is C17H17NO3. The van der Waals surface area contributed by atoms with Crippen LogP contribution in [-0.2, 0) is 0 Å². The smallest absolute Gasteiger partial charge is 0.291 e. The Balaban J connectivity index is 2.24. The van der Waals surface area contributed by atoms with E-state index < -0.39 is 0 Å². The molecular weight excluding hydrogens is 266 g/mol. The molecule has 1 heterocycles. The molecule has 0 spiro atoms. The first kappa shape index (κ1) is 14.9. The molecule has 0 bridgehead atoms. The van der Waals surface area contributed by atoms with Gasteiger partial charge >= 0.3 is 0 Å². The fraction of sp³-hybridized carbons (Fsp3) is 0.235. The van der Waals surface area contributed by atoms with Crippen LogP contribution in [0, 0.1) is 25.7 Å². The largest absolute Gasteiger partial charge is 0.456 e. The molecule has 1 amide bonds. The van der Waals surface area contributed by atoms with Gasteiger partial charge in [0.1, 0.15) is 5.76 Å². The van der Waals surface area contributed by atoms with Crippen molar-refractivity contribution in [2.24, 2.45) is 0 Å². The zero-order chi connectivity index (χ0) is 15.2. The summed E-state index contributed by atoms with van der Waals surface area (Å²) in [7, 11) is 0. The molecule has 0 aliphatic rings. The summed E-state index contributed by atoms with van der Waals surface area (Å²) in [6, 6.07) is 9.01. The van der Waals surface area contributed by atoms with Crippen molar-refractivity contribution in [3.8, 4) is 11.8 Å². The third-order valence-electron chi connectivity index (χ3n) is 2.85. The van der Waals surface area contributed by atoms with Gasteiger partial charge in [0.2, 0.25) is 0 Å².